The third-order valence-electron chi connectivity index (χ3n) is 4.22. The average Bonchev–Trinajstić information content (AvgIpc) is 3.43. The zero-order valence-electron chi connectivity index (χ0n) is 16.0. The Morgan fingerprint density at radius 1 is 1.09 bits per heavy atom. The molecule has 0 saturated heterocycles. The second-order valence-corrected chi connectivity index (χ2v) is 7.29. The first-order valence-electron chi connectivity index (χ1n) is 9.09. The van der Waals surface area contributed by atoms with Crippen LogP contribution < -0.4 is 5.43 Å². The zero-order chi connectivity index (χ0) is 22.7. The fourth-order valence-electron chi connectivity index (χ4n) is 2.72. The lowest BCUT2D eigenvalue weighted by Crippen LogP contribution is -2.18. The smallest absolute Gasteiger partial charge is 0.266 e. The number of carbonyl (C=O) groups is 1. The molecule has 4 aromatic rings. The maximum Gasteiger partial charge on any atom is 0.435 e. The standard InChI is InChI=1S/C21H13F4N5OS/c22-15-8-6-13(7-9-15)11-26-28-19(31)16-12-32-20(27-16)30-17(14-4-2-1-3-5-14)10-18(29-30)21(23,24)25/h1-12H,(H,28,31). The van der Waals surface area contributed by atoms with Crippen molar-refractivity contribution in [3.05, 3.63) is 88.8 Å². The number of amides is 1. The Labute approximate surface area is 182 Å². The van der Waals surface area contributed by atoms with E-state index in [0.717, 1.165) is 22.1 Å². The Morgan fingerprint density at radius 3 is 2.50 bits per heavy atom. The van der Waals surface area contributed by atoms with Gasteiger partial charge in [0.15, 0.2) is 5.69 Å². The van der Waals surface area contributed by atoms with E-state index >= 15 is 0 Å². The van der Waals surface area contributed by atoms with Gasteiger partial charge >= 0.3 is 6.18 Å². The summed E-state index contributed by atoms with van der Waals surface area (Å²) in [5, 5.41) is 8.92. The van der Waals surface area contributed by atoms with Crippen molar-refractivity contribution in [2.75, 3.05) is 0 Å². The first-order valence-corrected chi connectivity index (χ1v) is 9.97. The predicted molar refractivity (Wildman–Crippen MR) is 111 cm³/mol. The molecule has 0 aliphatic rings. The summed E-state index contributed by atoms with van der Waals surface area (Å²) in [5.74, 6) is -1.06. The lowest BCUT2D eigenvalue weighted by molar-refractivity contribution is -0.141. The van der Waals surface area contributed by atoms with Gasteiger partial charge in [0.05, 0.1) is 11.9 Å². The molecule has 2 aromatic carbocycles. The predicted octanol–water partition coefficient (Wildman–Crippen LogP) is 4.92. The summed E-state index contributed by atoms with van der Waals surface area (Å²) < 4.78 is 53.7. The number of nitrogens with zero attached hydrogens (tertiary/aromatic N) is 4. The van der Waals surface area contributed by atoms with Crippen molar-refractivity contribution in [2.24, 2.45) is 5.10 Å². The number of rotatable bonds is 5. The first kappa shape index (κ1) is 21.4. The molecule has 0 aliphatic carbocycles. The van der Waals surface area contributed by atoms with Crippen LogP contribution >= 0.6 is 11.3 Å². The maximum atomic E-state index is 13.3. The summed E-state index contributed by atoms with van der Waals surface area (Å²) in [6.07, 6.45) is -3.32. The average molecular weight is 459 g/mol. The van der Waals surface area contributed by atoms with Crippen LogP contribution in [-0.4, -0.2) is 26.9 Å². The third-order valence-corrected chi connectivity index (χ3v) is 5.04. The zero-order valence-corrected chi connectivity index (χ0v) is 16.9. The third kappa shape index (κ3) is 4.72. The van der Waals surface area contributed by atoms with Gasteiger partial charge in [-0.15, -0.1) is 11.3 Å². The summed E-state index contributed by atoms with van der Waals surface area (Å²) in [6, 6.07) is 14.8. The summed E-state index contributed by atoms with van der Waals surface area (Å²) in [7, 11) is 0. The van der Waals surface area contributed by atoms with E-state index < -0.39 is 23.6 Å². The highest BCUT2D eigenvalue weighted by Crippen LogP contribution is 2.33. The van der Waals surface area contributed by atoms with Crippen molar-refractivity contribution in [3.63, 3.8) is 0 Å². The van der Waals surface area contributed by atoms with Gasteiger partial charge in [0.25, 0.3) is 5.91 Å². The Bertz CT molecular complexity index is 1260. The highest BCUT2D eigenvalue weighted by Gasteiger charge is 2.35. The Balaban J connectivity index is 1.58. The number of alkyl halides is 3. The van der Waals surface area contributed by atoms with Crippen LogP contribution in [0.2, 0.25) is 0 Å². The van der Waals surface area contributed by atoms with Crippen LogP contribution in [-0.2, 0) is 6.18 Å². The van der Waals surface area contributed by atoms with Gasteiger partial charge < -0.3 is 0 Å². The molecule has 0 bridgehead atoms. The van der Waals surface area contributed by atoms with Gasteiger partial charge in [0.2, 0.25) is 5.13 Å². The minimum absolute atomic E-state index is 0.0377. The molecule has 4 rings (SSSR count). The van der Waals surface area contributed by atoms with Crippen LogP contribution in [0.25, 0.3) is 16.4 Å². The minimum atomic E-state index is -4.64. The van der Waals surface area contributed by atoms with Crippen molar-refractivity contribution in [1.82, 2.24) is 20.2 Å². The Kier molecular flexibility index (Phi) is 5.82. The number of hydrogen-bond donors (Lipinski definition) is 1. The van der Waals surface area contributed by atoms with Gasteiger partial charge in [0.1, 0.15) is 11.5 Å². The van der Waals surface area contributed by atoms with E-state index in [0.29, 0.717) is 11.1 Å². The molecule has 2 aromatic heterocycles. The molecule has 6 nitrogen and oxygen atoms in total. The minimum Gasteiger partial charge on any atom is -0.266 e. The second kappa shape index (κ2) is 8.71. The number of hydrazone groups is 1. The van der Waals surface area contributed by atoms with Crippen LogP contribution in [0.3, 0.4) is 0 Å². The molecule has 0 spiro atoms. The first-order chi connectivity index (χ1) is 15.3. The number of carbonyl (C=O) groups excluding carboxylic acids is 1. The van der Waals surface area contributed by atoms with Crippen LogP contribution in [0.4, 0.5) is 17.6 Å². The fraction of sp³-hybridized carbons (Fsp3) is 0.0476. The summed E-state index contributed by atoms with van der Waals surface area (Å²) >= 11 is 0.963. The lowest BCUT2D eigenvalue weighted by Gasteiger charge is -2.03. The molecule has 11 heteroatoms. The number of halogens is 4. The van der Waals surface area contributed by atoms with Crippen molar-refractivity contribution in [2.45, 2.75) is 6.18 Å². The highest BCUT2D eigenvalue weighted by molar-refractivity contribution is 7.12. The Hall–Kier alpha value is -3.86. The van der Waals surface area contributed by atoms with Crippen molar-refractivity contribution in [1.29, 1.82) is 0 Å². The topological polar surface area (TPSA) is 72.2 Å². The molecule has 1 amide bonds. The van der Waals surface area contributed by atoms with Gasteiger partial charge in [-0.1, -0.05) is 42.5 Å². The number of nitrogens with one attached hydrogen (secondary N) is 1. The molecule has 0 atom stereocenters. The van der Waals surface area contributed by atoms with Crippen molar-refractivity contribution < 1.29 is 22.4 Å². The van der Waals surface area contributed by atoms with E-state index in [4.69, 9.17) is 0 Å². The summed E-state index contributed by atoms with van der Waals surface area (Å²) in [4.78, 5) is 16.4. The van der Waals surface area contributed by atoms with Crippen LogP contribution in [0.5, 0.6) is 0 Å². The molecule has 2 heterocycles. The van der Waals surface area contributed by atoms with E-state index in [1.165, 1.54) is 35.9 Å². The molecule has 32 heavy (non-hydrogen) atoms. The Morgan fingerprint density at radius 2 is 1.81 bits per heavy atom. The van der Waals surface area contributed by atoms with E-state index in [2.05, 4.69) is 20.6 Å². The SMILES string of the molecule is O=C(NN=Cc1ccc(F)cc1)c1csc(-n2nc(C(F)(F)F)cc2-c2ccccc2)n1. The molecule has 0 radical (unpaired) electrons. The molecule has 0 unspecified atom stereocenters. The quantitative estimate of drug-likeness (QED) is 0.262. The largest absolute Gasteiger partial charge is 0.435 e. The van der Waals surface area contributed by atoms with Gasteiger partial charge in [-0.25, -0.2) is 19.5 Å². The van der Waals surface area contributed by atoms with Crippen LogP contribution in [0.15, 0.2) is 71.1 Å². The molecular weight excluding hydrogens is 446 g/mol. The van der Waals surface area contributed by atoms with Gasteiger partial charge in [-0.2, -0.15) is 23.4 Å². The van der Waals surface area contributed by atoms with E-state index in [9.17, 15) is 22.4 Å². The number of thiazole rings is 1. The fourth-order valence-corrected chi connectivity index (χ4v) is 3.48. The maximum absolute atomic E-state index is 13.3. The lowest BCUT2D eigenvalue weighted by atomic mass is 10.1. The van der Waals surface area contributed by atoms with Gasteiger partial charge in [-0.05, 0) is 23.8 Å². The molecule has 0 aliphatic heterocycles. The molecular formula is C21H13F4N5OS. The van der Waals surface area contributed by atoms with Crippen molar-refractivity contribution >= 4 is 23.5 Å². The molecule has 162 valence electrons. The normalized spacial score (nSPS) is 11.8. The number of aromatic nitrogens is 3. The summed E-state index contributed by atoms with van der Waals surface area (Å²) in [6.45, 7) is 0. The van der Waals surface area contributed by atoms with Gasteiger partial charge in [0, 0.05) is 10.9 Å². The van der Waals surface area contributed by atoms with Crippen LogP contribution in [0.1, 0.15) is 21.7 Å². The molecule has 1 N–H and O–H groups in total. The number of hydrogen-bond acceptors (Lipinski definition) is 5. The second-order valence-electron chi connectivity index (χ2n) is 6.46. The van der Waals surface area contributed by atoms with Gasteiger partial charge in [-0.3, -0.25) is 4.79 Å². The molecule has 0 fully saturated rings. The number of benzene rings is 2. The van der Waals surface area contributed by atoms with E-state index in [1.807, 2.05) is 0 Å². The highest BCUT2D eigenvalue weighted by atomic mass is 32.1. The van der Waals surface area contributed by atoms with E-state index in [-0.39, 0.29) is 16.5 Å². The monoisotopic (exact) mass is 459 g/mol. The van der Waals surface area contributed by atoms with Crippen LogP contribution in [0, 0.1) is 5.82 Å². The van der Waals surface area contributed by atoms with Crippen molar-refractivity contribution in [3.8, 4) is 16.4 Å². The summed E-state index contributed by atoms with van der Waals surface area (Å²) in [5.41, 5.74) is 2.44. The van der Waals surface area contributed by atoms with E-state index in [1.54, 1.807) is 30.3 Å². The molecule has 0 saturated carbocycles.